The molecule has 89 valence electrons. The molecule has 1 aromatic rings. The third kappa shape index (κ3) is 3.78. The Morgan fingerprint density at radius 3 is 2.31 bits per heavy atom. The summed E-state index contributed by atoms with van der Waals surface area (Å²) in [6, 6.07) is 10.5. The number of hydrogen-bond donors (Lipinski definition) is 0. The zero-order valence-corrected chi connectivity index (χ0v) is 12.6. The lowest BCUT2D eigenvalue weighted by Gasteiger charge is -2.22. The zero-order chi connectivity index (χ0) is 12.3. The molecule has 16 heavy (non-hydrogen) atoms. The topological polar surface area (TPSA) is 0 Å². The predicted octanol–water partition coefficient (Wildman–Crippen LogP) is 4.84. The van der Waals surface area contributed by atoms with Gasteiger partial charge in [-0.2, -0.15) is 0 Å². The van der Waals surface area contributed by atoms with Crippen molar-refractivity contribution in [2.75, 3.05) is 0 Å². The van der Waals surface area contributed by atoms with Gasteiger partial charge in [0.25, 0.3) is 0 Å². The summed E-state index contributed by atoms with van der Waals surface area (Å²) in [5, 5.41) is 0. The Kier molecular flexibility index (Phi) is 4.37. The standard InChI is InChI=1S/C15H25Si/c1-12(11-16(5)6)13-8-7-9-14(10-13)15(2,3)4/h7-10,12H,11H2,1-6H3. The van der Waals surface area contributed by atoms with Gasteiger partial charge in [-0.3, -0.25) is 0 Å². The molecule has 1 atom stereocenters. The van der Waals surface area contributed by atoms with Crippen LogP contribution in [0.3, 0.4) is 0 Å². The van der Waals surface area contributed by atoms with Crippen molar-refractivity contribution in [1.82, 2.24) is 0 Å². The summed E-state index contributed by atoms with van der Waals surface area (Å²) in [6.07, 6.45) is 0. The zero-order valence-electron chi connectivity index (χ0n) is 11.6. The molecule has 0 N–H and O–H groups in total. The first-order valence-electron chi connectivity index (χ1n) is 6.20. The second kappa shape index (κ2) is 5.18. The normalized spacial score (nSPS) is 14.2. The first kappa shape index (κ1) is 13.5. The van der Waals surface area contributed by atoms with Crippen molar-refractivity contribution >= 4 is 8.80 Å². The molecule has 0 bridgehead atoms. The minimum atomic E-state index is -0.129. The van der Waals surface area contributed by atoms with Crippen LogP contribution in [0.1, 0.15) is 44.7 Å². The molecule has 0 fully saturated rings. The van der Waals surface area contributed by atoms with Crippen LogP contribution in [-0.4, -0.2) is 8.80 Å². The van der Waals surface area contributed by atoms with Crippen molar-refractivity contribution in [3.8, 4) is 0 Å². The SMILES string of the molecule is CC(C[Si](C)C)c1cccc(C(C)(C)C)c1. The molecule has 0 aromatic heterocycles. The van der Waals surface area contributed by atoms with Crippen molar-refractivity contribution in [3.63, 3.8) is 0 Å². The van der Waals surface area contributed by atoms with E-state index >= 15 is 0 Å². The van der Waals surface area contributed by atoms with E-state index in [9.17, 15) is 0 Å². The minimum absolute atomic E-state index is 0.129. The Morgan fingerprint density at radius 1 is 1.19 bits per heavy atom. The molecule has 1 radical (unpaired) electrons. The van der Waals surface area contributed by atoms with E-state index in [1.165, 1.54) is 17.2 Å². The Morgan fingerprint density at radius 2 is 1.81 bits per heavy atom. The van der Waals surface area contributed by atoms with E-state index in [-0.39, 0.29) is 14.2 Å². The molecule has 0 nitrogen and oxygen atoms in total. The summed E-state index contributed by atoms with van der Waals surface area (Å²) >= 11 is 0. The quantitative estimate of drug-likeness (QED) is 0.655. The van der Waals surface area contributed by atoms with Crippen LogP contribution in [0.2, 0.25) is 19.1 Å². The highest BCUT2D eigenvalue weighted by atomic mass is 28.3. The van der Waals surface area contributed by atoms with Gasteiger partial charge < -0.3 is 0 Å². The highest BCUT2D eigenvalue weighted by Crippen LogP contribution is 2.27. The first-order chi connectivity index (χ1) is 7.30. The van der Waals surface area contributed by atoms with E-state index in [0.717, 1.165) is 0 Å². The van der Waals surface area contributed by atoms with Crippen molar-refractivity contribution in [1.29, 1.82) is 0 Å². The fourth-order valence-corrected chi connectivity index (χ4v) is 3.50. The van der Waals surface area contributed by atoms with Crippen molar-refractivity contribution in [2.45, 2.75) is 58.2 Å². The lowest BCUT2D eigenvalue weighted by Crippen LogP contribution is -2.12. The van der Waals surface area contributed by atoms with E-state index < -0.39 is 0 Å². The van der Waals surface area contributed by atoms with Gasteiger partial charge in [-0.15, -0.1) is 0 Å². The van der Waals surface area contributed by atoms with Gasteiger partial charge >= 0.3 is 0 Å². The average molecular weight is 233 g/mol. The average Bonchev–Trinajstić information content (AvgIpc) is 2.15. The molecule has 0 aliphatic heterocycles. The minimum Gasteiger partial charge on any atom is -0.0713 e. The molecule has 0 spiro atoms. The van der Waals surface area contributed by atoms with Gasteiger partial charge in [-0.25, -0.2) is 0 Å². The molecule has 0 saturated heterocycles. The summed E-state index contributed by atoms with van der Waals surface area (Å²) in [5.41, 5.74) is 3.23. The Balaban J connectivity index is 2.90. The number of hydrogen-bond acceptors (Lipinski definition) is 0. The molecule has 1 heteroatoms. The summed E-state index contributed by atoms with van der Waals surface area (Å²) < 4.78 is 0. The van der Waals surface area contributed by atoms with Crippen LogP contribution in [0.25, 0.3) is 0 Å². The van der Waals surface area contributed by atoms with Crippen LogP contribution in [0.5, 0.6) is 0 Å². The van der Waals surface area contributed by atoms with Crippen LogP contribution >= 0.6 is 0 Å². The maximum atomic E-state index is 2.40. The van der Waals surface area contributed by atoms with Crippen molar-refractivity contribution in [3.05, 3.63) is 35.4 Å². The molecule has 0 amide bonds. The summed E-state index contributed by atoms with van der Waals surface area (Å²) in [4.78, 5) is 0. The predicted molar refractivity (Wildman–Crippen MR) is 75.8 cm³/mol. The Hall–Kier alpha value is -0.563. The second-order valence-corrected chi connectivity index (χ2v) is 9.01. The molecule has 1 rings (SSSR count). The van der Waals surface area contributed by atoms with Gasteiger partial charge in [0.05, 0.1) is 0 Å². The van der Waals surface area contributed by atoms with E-state index in [1.54, 1.807) is 0 Å². The van der Waals surface area contributed by atoms with E-state index in [1.807, 2.05) is 0 Å². The van der Waals surface area contributed by atoms with E-state index in [4.69, 9.17) is 0 Å². The first-order valence-corrected chi connectivity index (χ1v) is 8.91. The Bertz CT molecular complexity index is 334. The van der Waals surface area contributed by atoms with Crippen LogP contribution in [0, 0.1) is 0 Å². The third-order valence-corrected chi connectivity index (χ3v) is 4.46. The monoisotopic (exact) mass is 233 g/mol. The molecule has 0 aliphatic carbocycles. The van der Waals surface area contributed by atoms with Gasteiger partial charge in [0.1, 0.15) is 0 Å². The van der Waals surface area contributed by atoms with Gasteiger partial charge in [0.2, 0.25) is 0 Å². The highest BCUT2D eigenvalue weighted by molar-refractivity contribution is 6.55. The van der Waals surface area contributed by atoms with E-state index in [0.29, 0.717) is 5.92 Å². The summed E-state index contributed by atoms with van der Waals surface area (Å²) in [6.45, 7) is 14.0. The molecule has 0 saturated carbocycles. The highest BCUT2D eigenvalue weighted by Gasteiger charge is 2.15. The fourth-order valence-electron chi connectivity index (χ4n) is 2.04. The largest absolute Gasteiger partial charge is 0.0713 e. The molecule has 0 aliphatic rings. The maximum absolute atomic E-state index is 2.40. The molecular weight excluding hydrogens is 208 g/mol. The fraction of sp³-hybridized carbons (Fsp3) is 0.600. The molecule has 1 aromatic carbocycles. The second-order valence-electron chi connectivity index (χ2n) is 6.19. The van der Waals surface area contributed by atoms with Gasteiger partial charge in [0.15, 0.2) is 0 Å². The van der Waals surface area contributed by atoms with Crippen LogP contribution in [0.15, 0.2) is 24.3 Å². The molecule has 1 unspecified atom stereocenters. The maximum Gasteiger partial charge on any atom is 0.0419 e. The van der Waals surface area contributed by atoms with Gasteiger partial charge in [-0.1, -0.05) is 71.1 Å². The number of rotatable bonds is 3. The van der Waals surface area contributed by atoms with Crippen molar-refractivity contribution < 1.29 is 0 Å². The smallest absolute Gasteiger partial charge is 0.0419 e. The summed E-state index contributed by atoms with van der Waals surface area (Å²) in [5.74, 6) is 0.714. The third-order valence-electron chi connectivity index (χ3n) is 3.04. The van der Waals surface area contributed by atoms with Crippen LogP contribution in [-0.2, 0) is 5.41 Å². The lowest BCUT2D eigenvalue weighted by molar-refractivity contribution is 0.588. The van der Waals surface area contributed by atoms with Gasteiger partial charge in [0, 0.05) is 8.80 Å². The lowest BCUT2D eigenvalue weighted by atomic mass is 9.85. The summed E-state index contributed by atoms with van der Waals surface area (Å²) in [7, 11) is -0.129. The van der Waals surface area contributed by atoms with Crippen molar-refractivity contribution in [2.24, 2.45) is 0 Å². The molecular formula is C15H25Si. The molecule has 0 heterocycles. The Labute approximate surface area is 103 Å². The van der Waals surface area contributed by atoms with Crippen LogP contribution in [0.4, 0.5) is 0 Å². The van der Waals surface area contributed by atoms with Crippen LogP contribution < -0.4 is 0 Å². The van der Waals surface area contributed by atoms with Gasteiger partial charge in [-0.05, 0) is 22.5 Å². The number of benzene rings is 1. The van der Waals surface area contributed by atoms with E-state index in [2.05, 4.69) is 65.1 Å².